The number of nitrogens with one attached hydrogen (secondary N) is 1. The van der Waals surface area contributed by atoms with Gasteiger partial charge in [0.05, 0.1) is 11.9 Å². The van der Waals surface area contributed by atoms with E-state index in [1.54, 1.807) is 4.90 Å². The fourth-order valence-electron chi connectivity index (χ4n) is 4.38. The maximum atomic E-state index is 13.8. The Morgan fingerprint density at radius 1 is 0.950 bits per heavy atom. The molecule has 0 aliphatic heterocycles. The van der Waals surface area contributed by atoms with Crippen molar-refractivity contribution in [3.05, 3.63) is 100 Å². The Hall–Kier alpha value is -3.24. The van der Waals surface area contributed by atoms with Crippen molar-refractivity contribution in [3.63, 3.8) is 0 Å². The molecule has 0 radical (unpaired) electrons. The van der Waals surface area contributed by atoms with E-state index in [1.807, 2.05) is 68.4 Å². The van der Waals surface area contributed by atoms with Crippen LogP contribution in [0.3, 0.4) is 0 Å². The smallest absolute Gasteiger partial charge is 0.243 e. The number of amides is 2. The molecule has 2 amide bonds. The minimum absolute atomic E-state index is 0.0153. The highest BCUT2D eigenvalue weighted by Crippen LogP contribution is 2.21. The molecule has 0 aromatic heterocycles. The zero-order chi connectivity index (χ0) is 29.3. The molecule has 0 saturated carbocycles. The van der Waals surface area contributed by atoms with E-state index in [0.29, 0.717) is 12.1 Å². The zero-order valence-corrected chi connectivity index (χ0v) is 25.3. The monoisotopic (exact) mass is 631 g/mol. The quantitative estimate of drug-likeness (QED) is 0.277. The van der Waals surface area contributed by atoms with Gasteiger partial charge in [-0.05, 0) is 67.8 Å². The maximum Gasteiger partial charge on any atom is 0.243 e. The second-order valence-corrected chi connectivity index (χ2v) is 12.8. The predicted molar refractivity (Wildman–Crippen MR) is 160 cm³/mol. The Morgan fingerprint density at radius 3 is 2.20 bits per heavy atom. The highest BCUT2D eigenvalue weighted by molar-refractivity contribution is 9.10. The SMILES string of the molecule is CC(C)NC(=O)[C@H](Cc1ccccc1)N(Cc1cccc(Br)c1)C(=O)CCCN(c1ccc(F)cc1)S(C)(=O)=O. The molecule has 40 heavy (non-hydrogen) atoms. The fourth-order valence-corrected chi connectivity index (χ4v) is 5.79. The van der Waals surface area contributed by atoms with Gasteiger partial charge in [-0.25, -0.2) is 12.8 Å². The van der Waals surface area contributed by atoms with Crippen LogP contribution in [0.4, 0.5) is 10.1 Å². The summed E-state index contributed by atoms with van der Waals surface area (Å²) >= 11 is 3.48. The standard InChI is InChI=1S/C30H35BrFN3O4S/c1-22(2)33-30(37)28(20-23-9-5-4-6-10-23)34(21-24-11-7-12-25(31)19-24)29(36)13-8-18-35(40(3,38)39)27-16-14-26(32)15-17-27/h4-7,9-12,14-17,19,22,28H,8,13,18,20-21H2,1-3H3,(H,33,37)/t28-/m0/s1. The number of benzene rings is 3. The molecular weight excluding hydrogens is 597 g/mol. The van der Waals surface area contributed by atoms with Gasteiger partial charge in [0.15, 0.2) is 0 Å². The lowest BCUT2D eigenvalue weighted by molar-refractivity contribution is -0.141. The van der Waals surface area contributed by atoms with Crippen molar-refractivity contribution in [3.8, 4) is 0 Å². The first kappa shape index (κ1) is 31.3. The molecule has 0 fully saturated rings. The van der Waals surface area contributed by atoms with Gasteiger partial charge < -0.3 is 10.2 Å². The van der Waals surface area contributed by atoms with Gasteiger partial charge in [0.1, 0.15) is 11.9 Å². The topological polar surface area (TPSA) is 86.8 Å². The molecular formula is C30H35BrFN3O4S. The van der Waals surface area contributed by atoms with Crippen LogP contribution in [0.2, 0.25) is 0 Å². The molecule has 214 valence electrons. The minimum Gasteiger partial charge on any atom is -0.352 e. The van der Waals surface area contributed by atoms with Gasteiger partial charge in [0.25, 0.3) is 0 Å². The molecule has 0 unspecified atom stereocenters. The number of carbonyl (C=O) groups is 2. The van der Waals surface area contributed by atoms with Crippen molar-refractivity contribution in [2.24, 2.45) is 0 Å². The van der Waals surface area contributed by atoms with Gasteiger partial charge in [0, 0.05) is 36.4 Å². The van der Waals surface area contributed by atoms with Crippen LogP contribution in [-0.2, 0) is 32.6 Å². The second-order valence-electron chi connectivity index (χ2n) is 9.94. The van der Waals surface area contributed by atoms with E-state index in [9.17, 15) is 22.4 Å². The van der Waals surface area contributed by atoms with Crippen molar-refractivity contribution in [1.82, 2.24) is 10.2 Å². The summed E-state index contributed by atoms with van der Waals surface area (Å²) in [4.78, 5) is 28.8. The fraction of sp³-hybridized carbons (Fsp3) is 0.333. The van der Waals surface area contributed by atoms with Crippen molar-refractivity contribution < 1.29 is 22.4 Å². The summed E-state index contributed by atoms with van der Waals surface area (Å²) in [5, 5.41) is 2.96. The number of halogens is 2. The lowest BCUT2D eigenvalue weighted by atomic mass is 10.0. The molecule has 10 heteroatoms. The summed E-state index contributed by atoms with van der Waals surface area (Å²) in [7, 11) is -3.67. The Bertz CT molecular complexity index is 1390. The van der Waals surface area contributed by atoms with E-state index in [-0.39, 0.29) is 43.8 Å². The number of hydrogen-bond donors (Lipinski definition) is 1. The number of sulfonamides is 1. The average Bonchev–Trinajstić information content (AvgIpc) is 2.89. The molecule has 0 bridgehead atoms. The molecule has 3 aromatic carbocycles. The van der Waals surface area contributed by atoms with E-state index in [0.717, 1.165) is 26.2 Å². The molecule has 0 spiro atoms. The summed E-state index contributed by atoms with van der Waals surface area (Å²) in [6.07, 6.45) is 1.62. The van der Waals surface area contributed by atoms with Gasteiger partial charge in [-0.1, -0.05) is 58.4 Å². The summed E-state index contributed by atoms with van der Waals surface area (Å²) < 4.78 is 40.4. The summed E-state index contributed by atoms with van der Waals surface area (Å²) in [5.41, 5.74) is 2.08. The molecule has 3 aromatic rings. The van der Waals surface area contributed by atoms with Crippen molar-refractivity contribution in [1.29, 1.82) is 0 Å². The third kappa shape index (κ3) is 9.45. The summed E-state index contributed by atoms with van der Waals surface area (Å²) in [6.45, 7) is 3.97. The summed E-state index contributed by atoms with van der Waals surface area (Å²) in [5.74, 6) is -1.00. The minimum atomic E-state index is -3.67. The molecule has 1 N–H and O–H groups in total. The predicted octanol–water partition coefficient (Wildman–Crippen LogP) is 5.30. The van der Waals surface area contributed by atoms with Gasteiger partial charge >= 0.3 is 0 Å². The molecule has 1 atom stereocenters. The maximum absolute atomic E-state index is 13.8. The molecule has 0 aliphatic rings. The van der Waals surface area contributed by atoms with E-state index >= 15 is 0 Å². The Morgan fingerprint density at radius 2 is 1.60 bits per heavy atom. The van der Waals surface area contributed by atoms with Gasteiger partial charge in [0.2, 0.25) is 21.8 Å². The van der Waals surface area contributed by atoms with Crippen molar-refractivity contribution in [2.75, 3.05) is 17.1 Å². The van der Waals surface area contributed by atoms with Crippen molar-refractivity contribution in [2.45, 2.75) is 51.7 Å². The number of anilines is 1. The van der Waals surface area contributed by atoms with Crippen molar-refractivity contribution >= 4 is 43.5 Å². The Kier molecular flexibility index (Phi) is 11.3. The Labute approximate surface area is 244 Å². The largest absolute Gasteiger partial charge is 0.352 e. The van der Waals surface area contributed by atoms with Crippen LogP contribution in [0, 0.1) is 5.82 Å². The molecule has 0 saturated heterocycles. The Balaban J connectivity index is 1.87. The lowest BCUT2D eigenvalue weighted by Gasteiger charge is -2.32. The van der Waals surface area contributed by atoms with Crippen LogP contribution < -0.4 is 9.62 Å². The van der Waals surface area contributed by atoms with E-state index in [1.165, 1.54) is 24.3 Å². The van der Waals surface area contributed by atoms with E-state index in [4.69, 9.17) is 0 Å². The van der Waals surface area contributed by atoms with Crippen LogP contribution in [-0.4, -0.2) is 50.0 Å². The number of carbonyl (C=O) groups excluding carboxylic acids is 2. The zero-order valence-electron chi connectivity index (χ0n) is 22.9. The molecule has 3 rings (SSSR count). The average molecular weight is 633 g/mol. The van der Waals surface area contributed by atoms with Crippen LogP contribution >= 0.6 is 15.9 Å². The lowest BCUT2D eigenvalue weighted by Crippen LogP contribution is -2.51. The molecule has 0 heterocycles. The third-order valence-electron chi connectivity index (χ3n) is 6.21. The first-order chi connectivity index (χ1) is 18.9. The number of nitrogens with zero attached hydrogens (tertiary/aromatic N) is 2. The number of hydrogen-bond acceptors (Lipinski definition) is 4. The first-order valence-corrected chi connectivity index (χ1v) is 15.7. The second kappa shape index (κ2) is 14.4. The van der Waals surface area contributed by atoms with Crippen LogP contribution in [0.1, 0.15) is 37.8 Å². The highest BCUT2D eigenvalue weighted by Gasteiger charge is 2.31. The van der Waals surface area contributed by atoms with Gasteiger partial charge in [-0.15, -0.1) is 0 Å². The normalized spacial score (nSPS) is 12.2. The van der Waals surface area contributed by atoms with Gasteiger partial charge in [-0.2, -0.15) is 0 Å². The van der Waals surface area contributed by atoms with E-state index < -0.39 is 21.9 Å². The highest BCUT2D eigenvalue weighted by atomic mass is 79.9. The number of rotatable bonds is 13. The molecule has 7 nitrogen and oxygen atoms in total. The van der Waals surface area contributed by atoms with Crippen LogP contribution in [0.15, 0.2) is 83.3 Å². The molecule has 0 aliphatic carbocycles. The third-order valence-corrected chi connectivity index (χ3v) is 7.90. The van der Waals surface area contributed by atoms with Crippen LogP contribution in [0.25, 0.3) is 0 Å². The van der Waals surface area contributed by atoms with Gasteiger partial charge in [-0.3, -0.25) is 13.9 Å². The van der Waals surface area contributed by atoms with Crippen LogP contribution in [0.5, 0.6) is 0 Å². The first-order valence-electron chi connectivity index (χ1n) is 13.1. The van der Waals surface area contributed by atoms with E-state index in [2.05, 4.69) is 21.2 Å². The summed E-state index contributed by atoms with van der Waals surface area (Å²) in [6, 6.07) is 21.4.